The number of carbonyl (C=O) groups excluding carboxylic acids is 1. The quantitative estimate of drug-likeness (QED) is 0.835. The van der Waals surface area contributed by atoms with Gasteiger partial charge in [-0.15, -0.1) is 11.3 Å². The first-order valence-electron chi connectivity index (χ1n) is 6.47. The van der Waals surface area contributed by atoms with Crippen LogP contribution in [0.3, 0.4) is 0 Å². The SMILES string of the molecule is CC1CC(NC(=O)c2sccc2/C=C/C(=O)O)CCO1. The standard InChI is InChI=1S/C14H17NO4S/c1-9-8-11(4-6-19-9)15-14(18)13-10(5-7-20-13)2-3-12(16)17/h2-3,5,7,9,11H,4,6,8H2,1H3,(H,15,18)(H,16,17)/b3-2+. The second kappa shape index (κ2) is 6.67. The Labute approximate surface area is 121 Å². The lowest BCUT2D eigenvalue weighted by atomic mass is 10.0. The summed E-state index contributed by atoms with van der Waals surface area (Å²) in [6.45, 7) is 2.65. The molecule has 1 fully saturated rings. The molecule has 2 rings (SSSR count). The van der Waals surface area contributed by atoms with Gasteiger partial charge in [-0.25, -0.2) is 4.79 Å². The Morgan fingerprint density at radius 2 is 2.35 bits per heavy atom. The minimum absolute atomic E-state index is 0.115. The van der Waals surface area contributed by atoms with Crippen molar-refractivity contribution in [1.82, 2.24) is 5.32 Å². The largest absolute Gasteiger partial charge is 0.478 e. The van der Waals surface area contributed by atoms with Gasteiger partial charge in [0, 0.05) is 18.7 Å². The number of rotatable bonds is 4. The molecule has 2 unspecified atom stereocenters. The predicted octanol–water partition coefficient (Wildman–Crippen LogP) is 2.14. The van der Waals surface area contributed by atoms with Crippen LogP contribution in [-0.2, 0) is 9.53 Å². The molecular weight excluding hydrogens is 278 g/mol. The summed E-state index contributed by atoms with van der Waals surface area (Å²) in [7, 11) is 0. The van der Waals surface area contributed by atoms with Gasteiger partial charge in [-0.2, -0.15) is 0 Å². The van der Waals surface area contributed by atoms with Crippen molar-refractivity contribution in [3.63, 3.8) is 0 Å². The summed E-state index contributed by atoms with van der Waals surface area (Å²) in [6, 6.07) is 1.86. The Kier molecular flexibility index (Phi) is 4.92. The fourth-order valence-electron chi connectivity index (χ4n) is 2.18. The summed E-state index contributed by atoms with van der Waals surface area (Å²) in [5, 5.41) is 13.4. The van der Waals surface area contributed by atoms with E-state index in [1.807, 2.05) is 6.92 Å². The fraction of sp³-hybridized carbons (Fsp3) is 0.429. The van der Waals surface area contributed by atoms with E-state index in [0.29, 0.717) is 17.0 Å². The molecule has 0 spiro atoms. The molecule has 108 valence electrons. The molecule has 2 heterocycles. The van der Waals surface area contributed by atoms with Crippen LogP contribution in [0.4, 0.5) is 0 Å². The second-order valence-electron chi connectivity index (χ2n) is 4.75. The zero-order valence-electron chi connectivity index (χ0n) is 11.2. The Bertz CT molecular complexity index is 523. The topological polar surface area (TPSA) is 75.6 Å². The molecule has 5 nitrogen and oxygen atoms in total. The molecule has 6 heteroatoms. The third-order valence-electron chi connectivity index (χ3n) is 3.13. The fourth-order valence-corrected chi connectivity index (χ4v) is 2.96. The van der Waals surface area contributed by atoms with Crippen LogP contribution in [0.2, 0.25) is 0 Å². The lowest BCUT2D eigenvalue weighted by molar-refractivity contribution is -0.131. The van der Waals surface area contributed by atoms with E-state index in [9.17, 15) is 9.59 Å². The molecule has 2 atom stereocenters. The van der Waals surface area contributed by atoms with Gasteiger partial charge in [0.1, 0.15) is 0 Å². The molecule has 1 aliphatic heterocycles. The van der Waals surface area contributed by atoms with E-state index in [1.165, 1.54) is 17.4 Å². The Hall–Kier alpha value is -1.66. The van der Waals surface area contributed by atoms with Crippen LogP contribution in [0.1, 0.15) is 35.0 Å². The van der Waals surface area contributed by atoms with E-state index in [2.05, 4.69) is 5.32 Å². The molecule has 1 aliphatic rings. The maximum Gasteiger partial charge on any atom is 0.328 e. The number of aliphatic carboxylic acids is 1. The van der Waals surface area contributed by atoms with Crippen LogP contribution < -0.4 is 5.32 Å². The van der Waals surface area contributed by atoms with Gasteiger partial charge >= 0.3 is 5.97 Å². The van der Waals surface area contributed by atoms with Crippen molar-refractivity contribution >= 4 is 29.3 Å². The summed E-state index contributed by atoms with van der Waals surface area (Å²) < 4.78 is 5.44. The monoisotopic (exact) mass is 295 g/mol. The maximum absolute atomic E-state index is 12.2. The summed E-state index contributed by atoms with van der Waals surface area (Å²) in [5.74, 6) is -1.18. The molecule has 0 bridgehead atoms. The Morgan fingerprint density at radius 3 is 3.05 bits per heavy atom. The molecule has 1 saturated heterocycles. The number of nitrogens with one attached hydrogen (secondary N) is 1. The average Bonchev–Trinajstić information content (AvgIpc) is 2.84. The molecule has 0 aromatic carbocycles. The van der Waals surface area contributed by atoms with Gasteiger partial charge in [-0.05, 0) is 42.9 Å². The number of hydrogen-bond donors (Lipinski definition) is 2. The summed E-state index contributed by atoms with van der Waals surface area (Å²) in [5.41, 5.74) is 0.634. The van der Waals surface area contributed by atoms with Crippen molar-refractivity contribution in [1.29, 1.82) is 0 Å². The van der Waals surface area contributed by atoms with Gasteiger partial charge in [0.2, 0.25) is 0 Å². The Morgan fingerprint density at radius 1 is 1.55 bits per heavy atom. The third-order valence-corrected chi connectivity index (χ3v) is 4.06. The highest BCUT2D eigenvalue weighted by atomic mass is 32.1. The van der Waals surface area contributed by atoms with Crippen molar-refractivity contribution in [3.8, 4) is 0 Å². The van der Waals surface area contributed by atoms with E-state index in [-0.39, 0.29) is 18.1 Å². The first-order valence-corrected chi connectivity index (χ1v) is 7.35. The highest BCUT2D eigenvalue weighted by Crippen LogP contribution is 2.20. The number of carboxylic acids is 1. The summed E-state index contributed by atoms with van der Waals surface area (Å²) >= 11 is 1.31. The Balaban J connectivity index is 2.02. The van der Waals surface area contributed by atoms with E-state index in [4.69, 9.17) is 9.84 Å². The van der Waals surface area contributed by atoms with Gasteiger partial charge in [0.05, 0.1) is 11.0 Å². The van der Waals surface area contributed by atoms with E-state index >= 15 is 0 Å². The first kappa shape index (κ1) is 14.7. The predicted molar refractivity (Wildman–Crippen MR) is 76.9 cm³/mol. The number of ether oxygens (including phenoxy) is 1. The van der Waals surface area contributed by atoms with Gasteiger partial charge < -0.3 is 15.2 Å². The van der Waals surface area contributed by atoms with Crippen molar-refractivity contribution in [2.45, 2.75) is 31.9 Å². The minimum atomic E-state index is -1.03. The number of hydrogen-bond acceptors (Lipinski definition) is 4. The zero-order valence-corrected chi connectivity index (χ0v) is 12.0. The van der Waals surface area contributed by atoms with Gasteiger partial charge in [0.15, 0.2) is 0 Å². The van der Waals surface area contributed by atoms with E-state index in [1.54, 1.807) is 11.4 Å². The number of thiophene rings is 1. The summed E-state index contributed by atoms with van der Waals surface area (Å²) in [6.07, 6.45) is 4.25. The zero-order chi connectivity index (χ0) is 14.5. The van der Waals surface area contributed by atoms with Crippen molar-refractivity contribution in [3.05, 3.63) is 28.0 Å². The normalized spacial score (nSPS) is 22.9. The van der Waals surface area contributed by atoms with Crippen molar-refractivity contribution in [2.75, 3.05) is 6.61 Å². The minimum Gasteiger partial charge on any atom is -0.478 e. The molecule has 2 N–H and O–H groups in total. The molecule has 1 amide bonds. The highest BCUT2D eigenvalue weighted by Gasteiger charge is 2.22. The van der Waals surface area contributed by atoms with Gasteiger partial charge in [-0.3, -0.25) is 4.79 Å². The van der Waals surface area contributed by atoms with E-state index < -0.39 is 5.97 Å². The van der Waals surface area contributed by atoms with Gasteiger partial charge in [-0.1, -0.05) is 0 Å². The molecule has 20 heavy (non-hydrogen) atoms. The molecule has 1 aromatic heterocycles. The number of carbonyl (C=O) groups is 2. The number of carboxylic acid groups (broad SMARTS) is 1. The van der Waals surface area contributed by atoms with Crippen LogP contribution >= 0.6 is 11.3 Å². The smallest absolute Gasteiger partial charge is 0.328 e. The van der Waals surface area contributed by atoms with Crippen LogP contribution in [-0.4, -0.2) is 35.7 Å². The lowest BCUT2D eigenvalue weighted by Gasteiger charge is -2.27. The molecular formula is C14H17NO4S. The van der Waals surface area contributed by atoms with Crippen LogP contribution in [0.5, 0.6) is 0 Å². The van der Waals surface area contributed by atoms with E-state index in [0.717, 1.165) is 18.9 Å². The third kappa shape index (κ3) is 3.91. The van der Waals surface area contributed by atoms with Gasteiger partial charge in [0.25, 0.3) is 5.91 Å². The lowest BCUT2D eigenvalue weighted by Crippen LogP contribution is -2.41. The van der Waals surface area contributed by atoms with Crippen molar-refractivity contribution in [2.24, 2.45) is 0 Å². The molecule has 1 aromatic rings. The van der Waals surface area contributed by atoms with Crippen LogP contribution in [0.25, 0.3) is 6.08 Å². The maximum atomic E-state index is 12.2. The number of amides is 1. The summed E-state index contributed by atoms with van der Waals surface area (Å²) in [4.78, 5) is 23.3. The van der Waals surface area contributed by atoms with Crippen LogP contribution in [0, 0.1) is 0 Å². The molecule has 0 saturated carbocycles. The second-order valence-corrected chi connectivity index (χ2v) is 5.67. The first-order chi connectivity index (χ1) is 9.56. The average molecular weight is 295 g/mol. The molecule has 0 radical (unpaired) electrons. The molecule has 0 aliphatic carbocycles. The highest BCUT2D eigenvalue weighted by molar-refractivity contribution is 7.12. The van der Waals surface area contributed by atoms with Crippen LogP contribution in [0.15, 0.2) is 17.5 Å². The van der Waals surface area contributed by atoms with Crippen molar-refractivity contribution < 1.29 is 19.4 Å².